The highest BCUT2D eigenvalue weighted by molar-refractivity contribution is 6.30. The first-order chi connectivity index (χ1) is 11.8. The number of carbonyl (C=O) groups excluding carboxylic acids is 1. The first-order valence-corrected chi connectivity index (χ1v) is 8.55. The molecular weight excluding hydrogens is 338 g/mol. The van der Waals surface area contributed by atoms with E-state index < -0.39 is 0 Å². The third-order valence-electron chi connectivity index (χ3n) is 3.60. The number of anilines is 2. The lowest BCUT2D eigenvalue weighted by Gasteiger charge is -2.12. The molecule has 0 saturated heterocycles. The highest BCUT2D eigenvalue weighted by Gasteiger charge is 2.11. The number of amides is 1. The number of rotatable bonds is 7. The van der Waals surface area contributed by atoms with E-state index in [1.807, 2.05) is 46.1 Å². The molecule has 0 fully saturated rings. The van der Waals surface area contributed by atoms with Gasteiger partial charge in [-0.1, -0.05) is 17.7 Å². The van der Waals surface area contributed by atoms with Crippen LogP contribution in [0.15, 0.2) is 24.3 Å². The van der Waals surface area contributed by atoms with Gasteiger partial charge in [0.2, 0.25) is 5.95 Å². The van der Waals surface area contributed by atoms with Crippen molar-refractivity contribution in [1.29, 1.82) is 0 Å². The van der Waals surface area contributed by atoms with Crippen LogP contribution >= 0.6 is 11.6 Å². The molecule has 134 valence electrons. The number of benzene rings is 1. The smallest absolute Gasteiger partial charge is 0.270 e. The van der Waals surface area contributed by atoms with Gasteiger partial charge in [-0.25, -0.2) is 9.97 Å². The average molecular weight is 362 g/mol. The molecule has 0 bridgehead atoms. The second kappa shape index (κ2) is 8.78. The topological polar surface area (TPSA) is 70.2 Å². The largest absolute Gasteiger partial charge is 0.351 e. The zero-order valence-electron chi connectivity index (χ0n) is 15.1. The summed E-state index contributed by atoms with van der Waals surface area (Å²) in [5, 5.41) is 6.65. The van der Waals surface area contributed by atoms with Crippen LogP contribution in [0.25, 0.3) is 0 Å². The molecular formula is C18H24ClN5O. The van der Waals surface area contributed by atoms with Crippen molar-refractivity contribution in [3.05, 3.63) is 46.2 Å². The van der Waals surface area contributed by atoms with Gasteiger partial charge in [0.05, 0.1) is 0 Å². The summed E-state index contributed by atoms with van der Waals surface area (Å²) in [7, 11) is 4.01. The highest BCUT2D eigenvalue weighted by Crippen LogP contribution is 2.22. The summed E-state index contributed by atoms with van der Waals surface area (Å²) < 4.78 is 0. The zero-order chi connectivity index (χ0) is 18.4. The fraction of sp³-hybridized carbons (Fsp3) is 0.389. The van der Waals surface area contributed by atoms with Crippen molar-refractivity contribution in [3.8, 4) is 0 Å². The highest BCUT2D eigenvalue weighted by atomic mass is 35.5. The minimum atomic E-state index is -0.199. The molecule has 0 spiro atoms. The van der Waals surface area contributed by atoms with Crippen molar-refractivity contribution in [2.75, 3.05) is 32.5 Å². The predicted molar refractivity (Wildman–Crippen MR) is 102 cm³/mol. The van der Waals surface area contributed by atoms with E-state index in [0.717, 1.165) is 29.9 Å². The van der Waals surface area contributed by atoms with Crippen LogP contribution in [-0.4, -0.2) is 48.0 Å². The summed E-state index contributed by atoms with van der Waals surface area (Å²) in [5.41, 5.74) is 2.90. The van der Waals surface area contributed by atoms with Crippen LogP contribution in [-0.2, 0) is 0 Å². The van der Waals surface area contributed by atoms with Crippen molar-refractivity contribution >= 4 is 29.1 Å². The van der Waals surface area contributed by atoms with Crippen LogP contribution in [0.3, 0.4) is 0 Å². The summed E-state index contributed by atoms with van der Waals surface area (Å²) >= 11 is 6.04. The lowest BCUT2D eigenvalue weighted by molar-refractivity contribution is 0.0947. The first-order valence-electron chi connectivity index (χ1n) is 8.17. The third-order valence-corrected chi connectivity index (χ3v) is 3.84. The Labute approximate surface area is 153 Å². The summed E-state index contributed by atoms with van der Waals surface area (Å²) in [6, 6.07) is 7.23. The van der Waals surface area contributed by atoms with Crippen LogP contribution in [0.4, 0.5) is 11.6 Å². The van der Waals surface area contributed by atoms with E-state index in [-0.39, 0.29) is 5.91 Å². The molecule has 0 aliphatic rings. The molecule has 0 saturated carbocycles. The SMILES string of the molecule is Cc1cc(C(=O)NCCCN(C)C)nc(Nc2cc(Cl)ccc2C)n1. The van der Waals surface area contributed by atoms with Crippen LogP contribution in [0.1, 0.15) is 28.2 Å². The summed E-state index contributed by atoms with van der Waals surface area (Å²) in [6.45, 7) is 5.33. The van der Waals surface area contributed by atoms with E-state index in [4.69, 9.17) is 11.6 Å². The van der Waals surface area contributed by atoms with E-state index >= 15 is 0 Å². The molecule has 2 rings (SSSR count). The molecule has 1 amide bonds. The van der Waals surface area contributed by atoms with Crippen LogP contribution < -0.4 is 10.6 Å². The standard InChI is InChI=1S/C18H24ClN5O/c1-12-6-7-14(19)11-15(12)22-18-21-13(2)10-16(23-18)17(25)20-8-5-9-24(3)4/h6-7,10-11H,5,8-9H2,1-4H3,(H,20,25)(H,21,22,23). The number of nitrogens with zero attached hydrogens (tertiary/aromatic N) is 3. The molecule has 25 heavy (non-hydrogen) atoms. The Morgan fingerprint density at radius 2 is 1.96 bits per heavy atom. The number of carbonyl (C=O) groups is 1. The fourth-order valence-electron chi connectivity index (χ4n) is 2.28. The van der Waals surface area contributed by atoms with Gasteiger partial charge < -0.3 is 15.5 Å². The number of nitrogens with one attached hydrogen (secondary N) is 2. The molecule has 1 heterocycles. The van der Waals surface area contributed by atoms with Crippen molar-refractivity contribution in [1.82, 2.24) is 20.2 Å². The maximum absolute atomic E-state index is 12.3. The number of halogens is 1. The lowest BCUT2D eigenvalue weighted by atomic mass is 10.2. The molecule has 1 aromatic carbocycles. The zero-order valence-corrected chi connectivity index (χ0v) is 15.8. The van der Waals surface area contributed by atoms with Gasteiger partial charge in [-0.2, -0.15) is 0 Å². The number of hydrogen-bond donors (Lipinski definition) is 2. The maximum Gasteiger partial charge on any atom is 0.270 e. The Bertz CT molecular complexity index is 748. The van der Waals surface area contributed by atoms with Crippen LogP contribution in [0.2, 0.25) is 5.02 Å². The second-order valence-electron chi connectivity index (χ2n) is 6.22. The summed E-state index contributed by atoms with van der Waals surface area (Å²) in [6.07, 6.45) is 0.885. The Morgan fingerprint density at radius 3 is 2.68 bits per heavy atom. The lowest BCUT2D eigenvalue weighted by Crippen LogP contribution is -2.28. The van der Waals surface area contributed by atoms with Crippen molar-refractivity contribution < 1.29 is 4.79 Å². The molecule has 6 nitrogen and oxygen atoms in total. The Morgan fingerprint density at radius 1 is 1.20 bits per heavy atom. The van der Waals surface area contributed by atoms with Crippen molar-refractivity contribution in [2.24, 2.45) is 0 Å². The van der Waals surface area contributed by atoms with Gasteiger partial charge in [-0.15, -0.1) is 0 Å². The quantitative estimate of drug-likeness (QED) is 0.741. The summed E-state index contributed by atoms with van der Waals surface area (Å²) in [4.78, 5) is 23.1. The van der Waals surface area contributed by atoms with Crippen LogP contribution in [0, 0.1) is 13.8 Å². The molecule has 7 heteroatoms. The molecule has 0 unspecified atom stereocenters. The van der Waals surface area contributed by atoms with Crippen molar-refractivity contribution in [3.63, 3.8) is 0 Å². The molecule has 2 aromatic rings. The van der Waals surface area contributed by atoms with Crippen molar-refractivity contribution in [2.45, 2.75) is 20.3 Å². The van der Waals surface area contributed by atoms with Gasteiger partial charge >= 0.3 is 0 Å². The van der Waals surface area contributed by atoms with E-state index in [1.165, 1.54) is 0 Å². The number of aromatic nitrogens is 2. The van der Waals surface area contributed by atoms with Gasteiger partial charge in [0.25, 0.3) is 5.91 Å². The third kappa shape index (κ3) is 5.99. The molecule has 0 aliphatic heterocycles. The fourth-order valence-corrected chi connectivity index (χ4v) is 2.45. The minimum absolute atomic E-state index is 0.199. The Hall–Kier alpha value is -2.18. The molecule has 1 aromatic heterocycles. The van der Waals surface area contributed by atoms with Gasteiger partial charge in [0.1, 0.15) is 5.69 Å². The molecule has 0 atom stereocenters. The monoisotopic (exact) mass is 361 g/mol. The molecule has 2 N–H and O–H groups in total. The minimum Gasteiger partial charge on any atom is -0.351 e. The number of aryl methyl sites for hydroxylation is 2. The van der Waals surface area contributed by atoms with Gasteiger partial charge in [-0.3, -0.25) is 4.79 Å². The van der Waals surface area contributed by atoms with E-state index in [1.54, 1.807) is 6.07 Å². The number of hydrogen-bond acceptors (Lipinski definition) is 5. The molecule has 0 aliphatic carbocycles. The maximum atomic E-state index is 12.3. The normalized spacial score (nSPS) is 10.8. The van der Waals surface area contributed by atoms with Gasteiger partial charge in [0.15, 0.2) is 0 Å². The van der Waals surface area contributed by atoms with Gasteiger partial charge in [0, 0.05) is 22.9 Å². The average Bonchev–Trinajstić information content (AvgIpc) is 2.54. The van der Waals surface area contributed by atoms with Crippen LogP contribution in [0.5, 0.6) is 0 Å². The van der Waals surface area contributed by atoms with E-state index in [9.17, 15) is 4.79 Å². The predicted octanol–water partition coefficient (Wildman–Crippen LogP) is 3.17. The molecule has 0 radical (unpaired) electrons. The van der Waals surface area contributed by atoms with E-state index in [0.29, 0.717) is 23.2 Å². The second-order valence-corrected chi connectivity index (χ2v) is 6.65. The summed E-state index contributed by atoms with van der Waals surface area (Å²) in [5.74, 6) is 0.180. The van der Waals surface area contributed by atoms with E-state index in [2.05, 4.69) is 25.5 Å². The Balaban J connectivity index is 2.09. The Kier molecular flexibility index (Phi) is 6.73. The van der Waals surface area contributed by atoms with Gasteiger partial charge in [-0.05, 0) is 64.7 Å². The first kappa shape index (κ1) is 19.1.